The van der Waals surface area contributed by atoms with Crippen LogP contribution in [-0.4, -0.2) is 25.0 Å². The van der Waals surface area contributed by atoms with Crippen LogP contribution in [0.4, 0.5) is 14.2 Å². The summed E-state index contributed by atoms with van der Waals surface area (Å²) in [6.07, 6.45) is 0. The first-order chi connectivity index (χ1) is 9.54. The fourth-order valence-corrected chi connectivity index (χ4v) is 1.84. The Bertz CT molecular complexity index is 590. The zero-order valence-electron chi connectivity index (χ0n) is 11.1. The van der Waals surface area contributed by atoms with E-state index in [0.717, 1.165) is 0 Å². The van der Waals surface area contributed by atoms with Gasteiger partial charge < -0.3 is 4.90 Å². The molecule has 0 unspecified atom stereocenters. The zero-order valence-corrected chi connectivity index (χ0v) is 11.9. The minimum absolute atomic E-state index is 0.178. The molecule has 0 spiro atoms. The summed E-state index contributed by atoms with van der Waals surface area (Å²) in [4.78, 5) is 12.6. The van der Waals surface area contributed by atoms with Gasteiger partial charge >= 0.3 is 6.03 Å². The van der Waals surface area contributed by atoms with E-state index in [1.54, 1.807) is 43.7 Å². The van der Waals surface area contributed by atoms with Crippen LogP contribution in [0.3, 0.4) is 0 Å². The van der Waals surface area contributed by atoms with E-state index < -0.39 is 0 Å². The van der Waals surface area contributed by atoms with E-state index in [-0.39, 0.29) is 11.8 Å². The van der Waals surface area contributed by atoms with Crippen LogP contribution < -0.4 is 5.32 Å². The second kappa shape index (κ2) is 7.92. The number of nitriles is 1. The molecule has 2 amide bonds. The summed E-state index contributed by atoms with van der Waals surface area (Å²) in [5.74, 6) is -0.178. The predicted molar refractivity (Wildman–Crippen MR) is 78.1 cm³/mol. The molecule has 1 aromatic heterocycles. The lowest BCUT2D eigenvalue weighted by molar-refractivity contribution is 0.231. The maximum atomic E-state index is 11.9. The van der Waals surface area contributed by atoms with E-state index in [9.17, 15) is 9.18 Å². The van der Waals surface area contributed by atoms with E-state index in [2.05, 4.69) is 5.32 Å². The summed E-state index contributed by atoms with van der Waals surface area (Å²) < 4.78 is 11.9. The summed E-state index contributed by atoms with van der Waals surface area (Å²) in [5, 5.41) is 13.6. The molecule has 0 radical (unpaired) electrons. The Morgan fingerprint density at radius 2 is 1.95 bits per heavy atom. The van der Waals surface area contributed by atoms with Crippen molar-refractivity contribution in [2.24, 2.45) is 0 Å². The number of thiophene rings is 1. The molecule has 0 saturated carbocycles. The molecule has 104 valence electrons. The van der Waals surface area contributed by atoms with Crippen molar-refractivity contribution in [2.75, 3.05) is 19.4 Å². The van der Waals surface area contributed by atoms with E-state index in [0.29, 0.717) is 10.6 Å². The molecule has 1 heterocycles. The molecule has 4 nitrogen and oxygen atoms in total. The van der Waals surface area contributed by atoms with Gasteiger partial charge in [0.15, 0.2) is 0 Å². The highest BCUT2D eigenvalue weighted by Crippen LogP contribution is 2.22. The highest BCUT2D eigenvalue weighted by molar-refractivity contribution is 7.14. The maximum absolute atomic E-state index is 11.9. The Hall–Kier alpha value is -2.39. The van der Waals surface area contributed by atoms with Crippen LogP contribution >= 0.6 is 11.3 Å². The summed E-state index contributed by atoms with van der Waals surface area (Å²) in [6, 6.07) is 11.4. The van der Waals surface area contributed by atoms with Crippen molar-refractivity contribution in [1.29, 1.82) is 5.26 Å². The molecule has 1 aromatic carbocycles. The lowest BCUT2D eigenvalue weighted by atomic mass is 10.3. The first-order valence-corrected chi connectivity index (χ1v) is 6.59. The highest BCUT2D eigenvalue weighted by atomic mass is 32.1. The molecular formula is C14H14FN3OS. The number of urea groups is 1. The van der Waals surface area contributed by atoms with Crippen molar-refractivity contribution in [2.45, 2.75) is 0 Å². The largest absolute Gasteiger partial charge is 0.331 e. The van der Waals surface area contributed by atoms with Crippen LogP contribution in [0.5, 0.6) is 0 Å². The van der Waals surface area contributed by atoms with Crippen molar-refractivity contribution in [3.8, 4) is 6.07 Å². The van der Waals surface area contributed by atoms with Crippen molar-refractivity contribution in [1.82, 2.24) is 4.90 Å². The maximum Gasteiger partial charge on any atom is 0.321 e. The van der Waals surface area contributed by atoms with E-state index >= 15 is 0 Å². The van der Waals surface area contributed by atoms with Gasteiger partial charge in [0.2, 0.25) is 0 Å². The Kier molecular flexibility index (Phi) is 6.20. The topological polar surface area (TPSA) is 56.1 Å². The van der Waals surface area contributed by atoms with Crippen molar-refractivity contribution < 1.29 is 9.18 Å². The number of anilines is 1. The number of benzene rings is 1. The third kappa shape index (κ3) is 5.08. The lowest BCUT2D eigenvalue weighted by Crippen LogP contribution is -2.27. The van der Waals surface area contributed by atoms with Crippen LogP contribution in [0.2, 0.25) is 0 Å². The van der Waals surface area contributed by atoms with Gasteiger partial charge in [-0.05, 0) is 23.6 Å². The molecule has 0 fully saturated rings. The zero-order chi connectivity index (χ0) is 15.0. The first-order valence-electron chi connectivity index (χ1n) is 5.71. The molecule has 2 aromatic rings. The van der Waals surface area contributed by atoms with Crippen LogP contribution in [-0.2, 0) is 0 Å². The van der Waals surface area contributed by atoms with Gasteiger partial charge in [-0.3, -0.25) is 5.32 Å². The number of nitrogens with zero attached hydrogens (tertiary/aromatic N) is 2. The van der Waals surface area contributed by atoms with Gasteiger partial charge in [0.05, 0.1) is 5.56 Å². The number of nitrogens with one attached hydrogen (secondary N) is 1. The van der Waals surface area contributed by atoms with Crippen molar-refractivity contribution >= 4 is 22.4 Å². The monoisotopic (exact) mass is 291 g/mol. The fourth-order valence-electron chi connectivity index (χ4n) is 1.12. The molecule has 0 atom stereocenters. The fraction of sp³-hybridized carbons (Fsp3) is 0.143. The number of rotatable bonds is 1. The number of carbonyl (C=O) groups excluding carboxylic acids is 1. The second-order valence-corrected chi connectivity index (χ2v) is 4.81. The summed E-state index contributed by atoms with van der Waals surface area (Å²) in [7, 11) is 3.30. The average molecular weight is 291 g/mol. The van der Waals surface area contributed by atoms with E-state index in [1.165, 1.54) is 28.4 Å². The molecule has 0 aliphatic heterocycles. The molecule has 0 aliphatic carbocycles. The Labute approximate surface area is 121 Å². The van der Waals surface area contributed by atoms with Crippen LogP contribution in [0, 0.1) is 17.1 Å². The molecule has 0 bridgehead atoms. The number of hydrogen-bond donors (Lipinski definition) is 1. The second-order valence-electron chi connectivity index (χ2n) is 3.90. The van der Waals surface area contributed by atoms with Crippen LogP contribution in [0.1, 0.15) is 5.56 Å². The third-order valence-electron chi connectivity index (χ3n) is 2.15. The minimum atomic E-state index is -0.223. The van der Waals surface area contributed by atoms with Gasteiger partial charge in [-0.2, -0.15) is 5.26 Å². The van der Waals surface area contributed by atoms with Crippen LogP contribution in [0.25, 0.3) is 0 Å². The SMILES string of the molecule is CN(C)C(=O)Nc1sccc1C#N.Fc1ccccc1. The molecule has 0 aliphatic rings. The number of amides is 2. The molecule has 6 heteroatoms. The average Bonchev–Trinajstić information content (AvgIpc) is 2.87. The quantitative estimate of drug-likeness (QED) is 0.873. The highest BCUT2D eigenvalue weighted by Gasteiger charge is 2.08. The summed E-state index contributed by atoms with van der Waals surface area (Å²) in [6.45, 7) is 0. The van der Waals surface area contributed by atoms with Gasteiger partial charge in [0.1, 0.15) is 16.9 Å². The normalized spacial score (nSPS) is 8.90. The standard InChI is InChI=1S/C8H9N3OS.C6H5F/c1-11(2)8(12)10-7-6(5-9)3-4-13-7;7-6-4-2-1-3-5-6/h3-4H,1-2H3,(H,10,12);1-5H. The van der Waals surface area contributed by atoms with Crippen molar-refractivity contribution in [3.05, 3.63) is 53.2 Å². The third-order valence-corrected chi connectivity index (χ3v) is 2.98. The smallest absolute Gasteiger partial charge is 0.321 e. The summed E-state index contributed by atoms with van der Waals surface area (Å²) >= 11 is 1.34. The Morgan fingerprint density at radius 3 is 2.40 bits per heavy atom. The molecular weight excluding hydrogens is 277 g/mol. The molecule has 20 heavy (non-hydrogen) atoms. The van der Waals surface area contributed by atoms with Crippen LogP contribution in [0.15, 0.2) is 41.8 Å². The number of hydrogen-bond acceptors (Lipinski definition) is 3. The van der Waals surface area contributed by atoms with Gasteiger partial charge in [0.25, 0.3) is 0 Å². The lowest BCUT2D eigenvalue weighted by Gasteiger charge is -2.10. The van der Waals surface area contributed by atoms with Gasteiger partial charge in [0, 0.05) is 14.1 Å². The van der Waals surface area contributed by atoms with Gasteiger partial charge in [-0.15, -0.1) is 11.3 Å². The molecule has 2 rings (SSSR count). The van der Waals surface area contributed by atoms with Crippen molar-refractivity contribution in [3.63, 3.8) is 0 Å². The Balaban J connectivity index is 0.000000240. The number of carbonyl (C=O) groups is 1. The molecule has 1 N–H and O–H groups in total. The van der Waals surface area contributed by atoms with Gasteiger partial charge in [-0.1, -0.05) is 18.2 Å². The number of halogens is 1. The molecule has 0 saturated heterocycles. The minimum Gasteiger partial charge on any atom is -0.331 e. The van der Waals surface area contributed by atoms with E-state index in [1.807, 2.05) is 6.07 Å². The predicted octanol–water partition coefficient (Wildman–Crippen LogP) is 3.54. The first kappa shape index (κ1) is 15.7. The summed E-state index contributed by atoms with van der Waals surface area (Å²) in [5.41, 5.74) is 0.500. The van der Waals surface area contributed by atoms with Gasteiger partial charge in [-0.25, -0.2) is 9.18 Å². The van der Waals surface area contributed by atoms with E-state index in [4.69, 9.17) is 5.26 Å². The Morgan fingerprint density at radius 1 is 1.30 bits per heavy atom.